The summed E-state index contributed by atoms with van der Waals surface area (Å²) in [5.41, 5.74) is 4.25. The Morgan fingerprint density at radius 3 is 2.24 bits per heavy atom. The molecule has 1 aliphatic carbocycles. The van der Waals surface area contributed by atoms with Crippen LogP contribution in [-0.2, 0) is 4.79 Å². The molecule has 2 aliphatic rings. The van der Waals surface area contributed by atoms with Gasteiger partial charge in [0.2, 0.25) is 5.91 Å². The third-order valence-corrected chi connectivity index (χ3v) is 7.67. The molecule has 1 aliphatic heterocycles. The van der Waals surface area contributed by atoms with E-state index in [1.54, 1.807) is 11.0 Å². The second-order valence-corrected chi connectivity index (χ2v) is 10.5. The van der Waals surface area contributed by atoms with Gasteiger partial charge < -0.3 is 26.8 Å². The molecule has 8 heteroatoms. The molecular formula is C29H40N4O4. The molecular weight excluding hydrogens is 468 g/mol. The van der Waals surface area contributed by atoms with Crippen LogP contribution < -0.4 is 16.8 Å². The molecule has 0 unspecified atom stereocenters. The molecule has 1 saturated heterocycles. The van der Waals surface area contributed by atoms with Crippen molar-refractivity contribution in [3.8, 4) is 0 Å². The van der Waals surface area contributed by atoms with Crippen molar-refractivity contribution in [2.24, 2.45) is 0 Å². The number of nitrogens with zero attached hydrogens (tertiary/aromatic N) is 1. The van der Waals surface area contributed by atoms with Crippen molar-refractivity contribution in [3.05, 3.63) is 64.7 Å². The average molecular weight is 509 g/mol. The first-order chi connectivity index (χ1) is 17.2. The fourth-order valence-electron chi connectivity index (χ4n) is 5.48. The van der Waals surface area contributed by atoms with Crippen molar-refractivity contribution in [1.82, 2.24) is 16.4 Å². The van der Waals surface area contributed by atoms with Crippen molar-refractivity contribution in [1.29, 1.82) is 0 Å². The smallest absolute Gasteiger partial charge is 0.335 e. The number of likely N-dealkylation sites (tertiary alicyclic amines) is 1. The molecule has 2 aromatic rings. The van der Waals surface area contributed by atoms with Gasteiger partial charge in [0.25, 0.3) is 0 Å². The van der Waals surface area contributed by atoms with E-state index in [1.165, 1.54) is 11.1 Å². The van der Waals surface area contributed by atoms with Gasteiger partial charge in [-0.3, -0.25) is 4.79 Å². The van der Waals surface area contributed by atoms with Crippen LogP contribution in [0.15, 0.2) is 42.5 Å². The summed E-state index contributed by atoms with van der Waals surface area (Å²) in [6.07, 6.45) is 5.12. The lowest BCUT2D eigenvalue weighted by atomic mass is 9.81. The second-order valence-electron chi connectivity index (χ2n) is 10.5. The molecule has 0 aromatic heterocycles. The minimum atomic E-state index is -0.899. The molecule has 6 N–H and O–H groups in total. The molecule has 3 amide bonds. The number of aryl methyl sites for hydroxylation is 1. The van der Waals surface area contributed by atoms with Crippen LogP contribution in [0, 0.1) is 6.92 Å². The minimum Gasteiger partial charge on any atom is -0.478 e. The highest BCUT2D eigenvalue weighted by atomic mass is 16.4. The number of carbonyl (C=O) groups excluding carboxylic acids is 2. The number of carboxylic acids is 1. The summed E-state index contributed by atoms with van der Waals surface area (Å²) in [5.74, 6) is -0.166. The van der Waals surface area contributed by atoms with Gasteiger partial charge in [-0.2, -0.15) is 0 Å². The Kier molecular flexibility index (Phi) is 9.32. The molecule has 1 saturated carbocycles. The largest absolute Gasteiger partial charge is 0.478 e. The van der Waals surface area contributed by atoms with Gasteiger partial charge in [0.1, 0.15) is 6.04 Å². The Balaban J connectivity index is 0.00000380. The topological polar surface area (TPSA) is 134 Å². The average Bonchev–Trinajstić information content (AvgIpc) is 3.35. The predicted octanol–water partition coefficient (Wildman–Crippen LogP) is 5.82. The SMILES string of the molecule is Cc1cc(C2CCC(NC(=O)[C@H]3CCCN3C(=O)Nc3ccc(C(C)C)cc3)CC2)ccc1C(=O)O.N. The Hall–Kier alpha value is -3.39. The van der Waals surface area contributed by atoms with Gasteiger partial charge in [0.05, 0.1) is 5.56 Å². The van der Waals surface area contributed by atoms with Crippen LogP contribution in [0.25, 0.3) is 0 Å². The molecule has 8 nitrogen and oxygen atoms in total. The van der Waals surface area contributed by atoms with Crippen LogP contribution in [0.2, 0.25) is 0 Å². The van der Waals surface area contributed by atoms with Crippen LogP contribution in [-0.4, -0.2) is 46.5 Å². The molecule has 0 bridgehead atoms. The van der Waals surface area contributed by atoms with Gasteiger partial charge in [-0.15, -0.1) is 0 Å². The number of nitrogens with one attached hydrogen (secondary N) is 2. The summed E-state index contributed by atoms with van der Waals surface area (Å²) in [4.78, 5) is 39.0. The monoisotopic (exact) mass is 508 g/mol. The van der Waals surface area contributed by atoms with Crippen LogP contribution in [0.4, 0.5) is 10.5 Å². The predicted molar refractivity (Wildman–Crippen MR) is 146 cm³/mol. The zero-order valence-corrected chi connectivity index (χ0v) is 22.1. The Morgan fingerprint density at radius 1 is 0.973 bits per heavy atom. The highest BCUT2D eigenvalue weighted by Gasteiger charge is 2.35. The van der Waals surface area contributed by atoms with Crippen LogP contribution in [0.1, 0.15) is 91.3 Å². The minimum absolute atomic E-state index is 0. The number of carbonyl (C=O) groups is 3. The van der Waals surface area contributed by atoms with Gasteiger partial charge >= 0.3 is 12.0 Å². The van der Waals surface area contributed by atoms with Crippen molar-refractivity contribution in [3.63, 3.8) is 0 Å². The molecule has 37 heavy (non-hydrogen) atoms. The highest BCUT2D eigenvalue weighted by Crippen LogP contribution is 2.34. The van der Waals surface area contributed by atoms with Gasteiger partial charge in [-0.25, -0.2) is 9.59 Å². The standard InChI is InChI=1S/C29H37N3O4.H3N/c1-18(2)20-6-11-24(12-7-20)31-29(36)32-16-4-5-26(32)27(33)30-23-13-8-21(9-14-23)22-10-15-25(28(34)35)19(3)17-22;/h6-7,10-12,15,17-18,21,23,26H,4-5,8-9,13-14,16H2,1-3H3,(H,30,33)(H,31,36)(H,34,35);1H3/t21?,23?,26-;/m1./s1. The summed E-state index contributed by atoms with van der Waals surface area (Å²) in [6.45, 7) is 6.68. The first-order valence-corrected chi connectivity index (χ1v) is 13.0. The molecule has 2 aromatic carbocycles. The summed E-state index contributed by atoms with van der Waals surface area (Å²) in [6, 6.07) is 12.9. The second kappa shape index (κ2) is 12.2. The number of aromatic carboxylic acids is 1. The molecule has 4 rings (SSSR count). The fraction of sp³-hybridized carbons (Fsp3) is 0.483. The summed E-state index contributed by atoms with van der Waals surface area (Å²) >= 11 is 0. The van der Waals surface area contributed by atoms with Crippen LogP contribution >= 0.6 is 0 Å². The molecule has 0 spiro atoms. The van der Waals surface area contributed by atoms with E-state index in [4.69, 9.17) is 0 Å². The summed E-state index contributed by atoms with van der Waals surface area (Å²) in [5, 5.41) is 15.4. The van der Waals surface area contributed by atoms with Crippen molar-refractivity contribution >= 4 is 23.6 Å². The first kappa shape index (κ1) is 28.2. The zero-order chi connectivity index (χ0) is 25.8. The number of urea groups is 1. The van der Waals surface area contributed by atoms with Crippen molar-refractivity contribution in [2.45, 2.75) is 83.2 Å². The van der Waals surface area contributed by atoms with Gasteiger partial charge in [-0.1, -0.05) is 38.1 Å². The number of benzene rings is 2. The fourth-order valence-corrected chi connectivity index (χ4v) is 5.48. The Morgan fingerprint density at radius 2 is 1.65 bits per heavy atom. The highest BCUT2D eigenvalue weighted by molar-refractivity contribution is 5.94. The summed E-state index contributed by atoms with van der Waals surface area (Å²) in [7, 11) is 0. The first-order valence-electron chi connectivity index (χ1n) is 13.0. The van der Waals surface area contributed by atoms with E-state index in [0.29, 0.717) is 30.4 Å². The maximum absolute atomic E-state index is 13.1. The maximum Gasteiger partial charge on any atom is 0.335 e. The van der Waals surface area contributed by atoms with E-state index >= 15 is 0 Å². The van der Waals surface area contributed by atoms with E-state index in [0.717, 1.165) is 43.4 Å². The van der Waals surface area contributed by atoms with Gasteiger partial charge in [0.15, 0.2) is 0 Å². The van der Waals surface area contributed by atoms with Gasteiger partial charge in [0, 0.05) is 18.3 Å². The lowest BCUT2D eigenvalue weighted by molar-refractivity contribution is -0.125. The molecule has 0 radical (unpaired) electrons. The lowest BCUT2D eigenvalue weighted by Gasteiger charge is -2.31. The van der Waals surface area contributed by atoms with Crippen LogP contribution in [0.5, 0.6) is 0 Å². The normalized spacial score (nSPS) is 21.3. The zero-order valence-electron chi connectivity index (χ0n) is 22.1. The summed E-state index contributed by atoms with van der Waals surface area (Å²) < 4.78 is 0. The van der Waals surface area contributed by atoms with E-state index in [9.17, 15) is 19.5 Å². The number of rotatable bonds is 6. The van der Waals surface area contributed by atoms with Crippen LogP contribution in [0.3, 0.4) is 0 Å². The Labute approximate surface area is 219 Å². The molecule has 1 heterocycles. The molecule has 200 valence electrons. The Bertz CT molecular complexity index is 1110. The number of hydrogen-bond donors (Lipinski definition) is 4. The number of carboxylic acid groups (broad SMARTS) is 1. The number of anilines is 1. The van der Waals surface area contributed by atoms with Crippen molar-refractivity contribution in [2.75, 3.05) is 11.9 Å². The lowest BCUT2D eigenvalue weighted by Crippen LogP contribution is -2.50. The molecule has 2 fully saturated rings. The van der Waals surface area contributed by atoms with E-state index in [1.807, 2.05) is 43.3 Å². The van der Waals surface area contributed by atoms with E-state index in [2.05, 4.69) is 24.5 Å². The van der Waals surface area contributed by atoms with E-state index < -0.39 is 12.0 Å². The third-order valence-electron chi connectivity index (χ3n) is 7.67. The van der Waals surface area contributed by atoms with Crippen molar-refractivity contribution < 1.29 is 19.5 Å². The van der Waals surface area contributed by atoms with Gasteiger partial charge in [-0.05, 0) is 92.2 Å². The number of amides is 3. The molecule has 1 atom stereocenters. The maximum atomic E-state index is 13.1. The number of hydrogen-bond acceptors (Lipinski definition) is 4. The van der Waals surface area contributed by atoms with E-state index in [-0.39, 0.29) is 24.1 Å². The quantitative estimate of drug-likeness (QED) is 0.390. The third kappa shape index (κ3) is 6.68.